The number of nitrogens with one attached hydrogen (secondary N) is 2. The average Bonchev–Trinajstić information content (AvgIpc) is 2.71. The SMILES string of the molecule is COc1cccc(CCNc2ccc(C(=O)Nc3ccc(C)cc3C)nc2)c1. The normalized spacial score (nSPS) is 10.4. The fourth-order valence-electron chi connectivity index (χ4n) is 2.95. The monoisotopic (exact) mass is 375 g/mol. The summed E-state index contributed by atoms with van der Waals surface area (Å²) in [7, 11) is 1.67. The third-order valence-corrected chi connectivity index (χ3v) is 4.50. The Morgan fingerprint density at radius 3 is 2.64 bits per heavy atom. The van der Waals surface area contributed by atoms with Crippen LogP contribution in [0.3, 0.4) is 0 Å². The Morgan fingerprint density at radius 1 is 1.07 bits per heavy atom. The number of carbonyl (C=O) groups excluding carboxylic acids is 1. The first-order chi connectivity index (χ1) is 13.5. The molecule has 1 aromatic heterocycles. The van der Waals surface area contributed by atoms with Crippen LogP contribution in [0, 0.1) is 13.8 Å². The number of aromatic nitrogens is 1. The molecule has 0 fully saturated rings. The van der Waals surface area contributed by atoms with E-state index < -0.39 is 0 Å². The van der Waals surface area contributed by atoms with Crippen molar-refractivity contribution in [2.24, 2.45) is 0 Å². The zero-order valence-electron chi connectivity index (χ0n) is 16.5. The van der Waals surface area contributed by atoms with Crippen molar-refractivity contribution in [2.75, 3.05) is 24.3 Å². The van der Waals surface area contributed by atoms with E-state index >= 15 is 0 Å². The van der Waals surface area contributed by atoms with Crippen LogP contribution in [0.5, 0.6) is 5.75 Å². The number of ether oxygens (including phenoxy) is 1. The molecular weight excluding hydrogens is 350 g/mol. The van der Waals surface area contributed by atoms with E-state index in [-0.39, 0.29) is 5.91 Å². The third-order valence-electron chi connectivity index (χ3n) is 4.50. The van der Waals surface area contributed by atoms with Crippen LogP contribution in [0.15, 0.2) is 60.8 Å². The second-order valence-electron chi connectivity index (χ2n) is 6.73. The molecule has 3 aromatic rings. The number of hydrogen-bond acceptors (Lipinski definition) is 4. The van der Waals surface area contributed by atoms with Gasteiger partial charge >= 0.3 is 0 Å². The molecule has 1 heterocycles. The molecule has 0 radical (unpaired) electrons. The molecule has 3 rings (SSSR count). The summed E-state index contributed by atoms with van der Waals surface area (Å²) in [6.07, 6.45) is 2.55. The Hall–Kier alpha value is -3.34. The fourth-order valence-corrected chi connectivity index (χ4v) is 2.95. The maximum Gasteiger partial charge on any atom is 0.274 e. The summed E-state index contributed by atoms with van der Waals surface area (Å²) in [6.45, 7) is 4.77. The van der Waals surface area contributed by atoms with Gasteiger partial charge in [0.25, 0.3) is 5.91 Å². The molecule has 0 saturated carbocycles. The number of pyridine rings is 1. The van der Waals surface area contributed by atoms with Gasteiger partial charge in [-0.25, -0.2) is 4.98 Å². The van der Waals surface area contributed by atoms with E-state index in [2.05, 4.69) is 21.7 Å². The Kier molecular flexibility index (Phi) is 6.27. The van der Waals surface area contributed by atoms with E-state index in [9.17, 15) is 4.79 Å². The highest BCUT2D eigenvalue weighted by atomic mass is 16.5. The molecule has 0 unspecified atom stereocenters. The van der Waals surface area contributed by atoms with Gasteiger partial charge in [0, 0.05) is 12.2 Å². The number of hydrogen-bond donors (Lipinski definition) is 2. The predicted molar refractivity (Wildman–Crippen MR) is 113 cm³/mol. The highest BCUT2D eigenvalue weighted by Crippen LogP contribution is 2.17. The summed E-state index contributed by atoms with van der Waals surface area (Å²) < 4.78 is 5.24. The van der Waals surface area contributed by atoms with E-state index in [0.717, 1.165) is 41.2 Å². The molecule has 0 aliphatic heterocycles. The Morgan fingerprint density at radius 2 is 1.93 bits per heavy atom. The van der Waals surface area contributed by atoms with Crippen LogP contribution in [0.4, 0.5) is 11.4 Å². The number of rotatable bonds is 7. The lowest BCUT2D eigenvalue weighted by Gasteiger charge is -2.10. The summed E-state index contributed by atoms with van der Waals surface area (Å²) in [5.74, 6) is 0.647. The molecule has 0 bridgehead atoms. The zero-order chi connectivity index (χ0) is 19.9. The lowest BCUT2D eigenvalue weighted by atomic mass is 10.1. The van der Waals surface area contributed by atoms with Crippen LogP contribution in [-0.4, -0.2) is 24.5 Å². The second kappa shape index (κ2) is 9.04. The van der Waals surface area contributed by atoms with Gasteiger partial charge < -0.3 is 15.4 Å². The maximum atomic E-state index is 12.4. The van der Waals surface area contributed by atoms with Crippen molar-refractivity contribution in [3.05, 3.63) is 83.2 Å². The molecule has 28 heavy (non-hydrogen) atoms. The first-order valence-electron chi connectivity index (χ1n) is 9.26. The number of carbonyl (C=O) groups is 1. The van der Waals surface area contributed by atoms with Gasteiger partial charge in [0.15, 0.2) is 0 Å². The van der Waals surface area contributed by atoms with Crippen molar-refractivity contribution in [2.45, 2.75) is 20.3 Å². The van der Waals surface area contributed by atoms with Gasteiger partial charge in [0.1, 0.15) is 11.4 Å². The van der Waals surface area contributed by atoms with Crippen molar-refractivity contribution >= 4 is 17.3 Å². The van der Waals surface area contributed by atoms with Gasteiger partial charge in [-0.2, -0.15) is 0 Å². The van der Waals surface area contributed by atoms with Gasteiger partial charge in [0.05, 0.1) is 19.0 Å². The maximum absolute atomic E-state index is 12.4. The van der Waals surface area contributed by atoms with E-state index in [1.165, 1.54) is 5.56 Å². The summed E-state index contributed by atoms with van der Waals surface area (Å²) >= 11 is 0. The van der Waals surface area contributed by atoms with E-state index in [1.54, 1.807) is 19.4 Å². The number of nitrogens with zero attached hydrogens (tertiary/aromatic N) is 1. The Labute approximate surface area is 165 Å². The van der Waals surface area contributed by atoms with Crippen molar-refractivity contribution in [3.8, 4) is 5.75 Å². The summed E-state index contributed by atoms with van der Waals surface area (Å²) in [5, 5.41) is 6.24. The summed E-state index contributed by atoms with van der Waals surface area (Å²) in [4.78, 5) is 16.7. The molecule has 0 aliphatic rings. The van der Waals surface area contributed by atoms with E-state index in [0.29, 0.717) is 5.69 Å². The van der Waals surface area contributed by atoms with Crippen LogP contribution in [0.1, 0.15) is 27.2 Å². The molecule has 1 amide bonds. The van der Waals surface area contributed by atoms with Gasteiger partial charge in [-0.15, -0.1) is 0 Å². The number of anilines is 2. The topological polar surface area (TPSA) is 63.2 Å². The van der Waals surface area contributed by atoms with Crippen LogP contribution in [0.25, 0.3) is 0 Å². The van der Waals surface area contributed by atoms with Crippen molar-refractivity contribution in [1.82, 2.24) is 4.98 Å². The van der Waals surface area contributed by atoms with Crippen LogP contribution < -0.4 is 15.4 Å². The average molecular weight is 375 g/mol. The fraction of sp³-hybridized carbons (Fsp3) is 0.217. The standard InChI is InChI=1S/C23H25N3O2/c1-16-7-9-21(17(2)13-16)26-23(27)22-10-8-19(15-25-22)24-12-11-18-5-4-6-20(14-18)28-3/h4-10,13-15,24H,11-12H2,1-3H3,(H,26,27). The molecule has 2 aromatic carbocycles. The molecule has 0 aliphatic carbocycles. The van der Waals surface area contributed by atoms with Gasteiger partial charge in [0.2, 0.25) is 0 Å². The molecule has 5 nitrogen and oxygen atoms in total. The quantitative estimate of drug-likeness (QED) is 0.633. The van der Waals surface area contributed by atoms with Crippen LogP contribution in [0.2, 0.25) is 0 Å². The number of methoxy groups -OCH3 is 1. The molecule has 144 valence electrons. The largest absolute Gasteiger partial charge is 0.497 e. The Balaban J connectivity index is 1.54. The van der Waals surface area contributed by atoms with Crippen molar-refractivity contribution < 1.29 is 9.53 Å². The van der Waals surface area contributed by atoms with Crippen molar-refractivity contribution in [3.63, 3.8) is 0 Å². The minimum Gasteiger partial charge on any atom is -0.497 e. The number of aryl methyl sites for hydroxylation is 2. The third kappa shape index (κ3) is 5.10. The minimum atomic E-state index is -0.213. The van der Waals surface area contributed by atoms with E-state index in [1.807, 2.05) is 56.3 Å². The number of amides is 1. The molecule has 2 N–H and O–H groups in total. The van der Waals surface area contributed by atoms with Gasteiger partial charge in [-0.1, -0.05) is 29.8 Å². The van der Waals surface area contributed by atoms with Gasteiger partial charge in [-0.05, 0) is 61.7 Å². The molecular formula is C23H25N3O2. The Bertz CT molecular complexity index is 952. The van der Waals surface area contributed by atoms with Gasteiger partial charge in [-0.3, -0.25) is 4.79 Å². The molecule has 5 heteroatoms. The molecule has 0 saturated heterocycles. The minimum absolute atomic E-state index is 0.213. The van der Waals surface area contributed by atoms with Crippen molar-refractivity contribution in [1.29, 1.82) is 0 Å². The lowest BCUT2D eigenvalue weighted by molar-refractivity contribution is 0.102. The zero-order valence-corrected chi connectivity index (χ0v) is 16.5. The smallest absolute Gasteiger partial charge is 0.274 e. The van der Waals surface area contributed by atoms with E-state index in [4.69, 9.17) is 4.74 Å². The molecule has 0 spiro atoms. The second-order valence-corrected chi connectivity index (χ2v) is 6.73. The molecule has 0 atom stereocenters. The lowest BCUT2D eigenvalue weighted by Crippen LogP contribution is -2.14. The predicted octanol–water partition coefficient (Wildman–Crippen LogP) is 4.61. The highest BCUT2D eigenvalue weighted by molar-refractivity contribution is 6.03. The summed E-state index contributed by atoms with van der Waals surface area (Å²) in [6, 6.07) is 17.5. The summed E-state index contributed by atoms with van der Waals surface area (Å²) in [5.41, 5.74) is 5.47. The van der Waals surface area contributed by atoms with Crippen LogP contribution in [-0.2, 0) is 6.42 Å². The first kappa shape index (κ1) is 19.4. The first-order valence-corrected chi connectivity index (χ1v) is 9.26. The number of benzene rings is 2. The highest BCUT2D eigenvalue weighted by Gasteiger charge is 2.09. The van der Waals surface area contributed by atoms with Crippen LogP contribution >= 0.6 is 0 Å².